The molecule has 2 aromatic rings. The van der Waals surface area contributed by atoms with E-state index in [1.54, 1.807) is 16.7 Å². The summed E-state index contributed by atoms with van der Waals surface area (Å²) < 4.78 is 15.4. The van der Waals surface area contributed by atoms with Crippen LogP contribution in [0.25, 0.3) is 5.69 Å². The van der Waals surface area contributed by atoms with Gasteiger partial charge in [-0.05, 0) is 43.4 Å². The molecule has 116 valence electrons. The predicted octanol–water partition coefficient (Wildman–Crippen LogP) is 2.63. The van der Waals surface area contributed by atoms with Gasteiger partial charge in [0, 0.05) is 6.54 Å². The second-order valence-electron chi connectivity index (χ2n) is 5.29. The molecule has 0 fully saturated rings. The summed E-state index contributed by atoms with van der Waals surface area (Å²) in [5.41, 5.74) is 1.02. The number of hydrogen-bond donors (Lipinski definition) is 2. The summed E-state index contributed by atoms with van der Waals surface area (Å²) in [6.07, 6.45) is 1.01. The number of aromatic amines is 1. The van der Waals surface area contributed by atoms with Gasteiger partial charge in [0.2, 0.25) is 0 Å². The van der Waals surface area contributed by atoms with Crippen molar-refractivity contribution in [2.24, 2.45) is 0 Å². The molecule has 1 aromatic heterocycles. The van der Waals surface area contributed by atoms with E-state index in [0.29, 0.717) is 30.3 Å². The van der Waals surface area contributed by atoms with Gasteiger partial charge in [-0.25, -0.2) is 4.39 Å². The first-order valence-electron chi connectivity index (χ1n) is 7.20. The lowest BCUT2D eigenvalue weighted by atomic mass is 10.2. The lowest BCUT2D eigenvalue weighted by Crippen LogP contribution is -2.39. The maximum absolute atomic E-state index is 13.5. The van der Waals surface area contributed by atoms with Crippen molar-refractivity contribution in [3.8, 4) is 5.69 Å². The van der Waals surface area contributed by atoms with Crippen molar-refractivity contribution in [1.29, 1.82) is 0 Å². The van der Waals surface area contributed by atoms with Crippen LogP contribution in [-0.4, -0.2) is 27.7 Å². The number of hydrogen-bond acceptors (Lipinski definition) is 4. The van der Waals surface area contributed by atoms with E-state index >= 15 is 0 Å². The second kappa shape index (κ2) is 6.02. The lowest BCUT2D eigenvalue weighted by Gasteiger charge is -2.30. The standard InChI is InChI=1S/C15H17FN4OS/c1-2-6-19-8-12-13(17-9-19)20(15(22)18-14(12)21)11-5-3-4-10(16)7-11/h3-5,7,17H,2,6,8-9H2,1H3,(H,18,21,22). The molecule has 0 amide bonds. The number of anilines is 1. The van der Waals surface area contributed by atoms with Gasteiger partial charge in [-0.2, -0.15) is 0 Å². The maximum Gasteiger partial charge on any atom is 0.258 e. The Hall–Kier alpha value is -1.99. The highest BCUT2D eigenvalue weighted by Crippen LogP contribution is 2.23. The zero-order valence-electron chi connectivity index (χ0n) is 12.2. The zero-order valence-corrected chi connectivity index (χ0v) is 13.0. The molecular weight excluding hydrogens is 303 g/mol. The molecule has 7 heteroatoms. The first-order valence-corrected chi connectivity index (χ1v) is 7.61. The van der Waals surface area contributed by atoms with Gasteiger partial charge in [-0.1, -0.05) is 13.0 Å². The van der Waals surface area contributed by atoms with Crippen LogP contribution >= 0.6 is 12.2 Å². The Bertz CT molecular complexity index is 814. The molecule has 0 bridgehead atoms. The van der Waals surface area contributed by atoms with E-state index < -0.39 is 0 Å². The fourth-order valence-electron chi connectivity index (χ4n) is 2.71. The molecule has 2 heterocycles. The molecule has 3 rings (SSSR count). The van der Waals surface area contributed by atoms with Gasteiger partial charge in [0.25, 0.3) is 5.56 Å². The highest BCUT2D eigenvalue weighted by atomic mass is 32.1. The molecule has 0 spiro atoms. The Labute approximate surface area is 132 Å². The van der Waals surface area contributed by atoms with E-state index in [-0.39, 0.29) is 16.1 Å². The van der Waals surface area contributed by atoms with Crippen LogP contribution in [0.15, 0.2) is 29.1 Å². The van der Waals surface area contributed by atoms with E-state index in [0.717, 1.165) is 13.0 Å². The molecular formula is C15H17FN4OS. The normalized spacial score (nSPS) is 14.5. The largest absolute Gasteiger partial charge is 0.358 e. The van der Waals surface area contributed by atoms with Crippen molar-refractivity contribution >= 4 is 18.0 Å². The second-order valence-corrected chi connectivity index (χ2v) is 5.68. The van der Waals surface area contributed by atoms with Crippen LogP contribution in [-0.2, 0) is 6.54 Å². The van der Waals surface area contributed by atoms with E-state index in [4.69, 9.17) is 12.2 Å². The van der Waals surface area contributed by atoms with Crippen LogP contribution in [0.4, 0.5) is 10.2 Å². The van der Waals surface area contributed by atoms with Gasteiger partial charge in [0.1, 0.15) is 11.6 Å². The monoisotopic (exact) mass is 320 g/mol. The Balaban J connectivity index is 2.15. The summed E-state index contributed by atoms with van der Waals surface area (Å²) in [5, 5.41) is 3.25. The number of aromatic nitrogens is 2. The molecule has 0 aliphatic carbocycles. The van der Waals surface area contributed by atoms with E-state index in [9.17, 15) is 9.18 Å². The zero-order chi connectivity index (χ0) is 15.7. The summed E-state index contributed by atoms with van der Waals surface area (Å²) in [6.45, 7) is 4.19. The molecule has 0 saturated heterocycles. The Kier molecular flexibility index (Phi) is 4.08. The number of nitrogens with zero attached hydrogens (tertiary/aromatic N) is 2. The molecule has 0 unspecified atom stereocenters. The highest BCUT2D eigenvalue weighted by Gasteiger charge is 2.22. The average Bonchev–Trinajstić information content (AvgIpc) is 2.48. The minimum Gasteiger partial charge on any atom is -0.358 e. The van der Waals surface area contributed by atoms with E-state index in [2.05, 4.69) is 22.1 Å². The van der Waals surface area contributed by atoms with Gasteiger partial charge >= 0.3 is 0 Å². The SMILES string of the molecule is CCCN1CNc2c(c(=O)[nH]c(=S)n2-c2cccc(F)c2)C1. The van der Waals surface area contributed by atoms with Crippen molar-refractivity contribution < 1.29 is 4.39 Å². The number of halogens is 1. The van der Waals surface area contributed by atoms with Crippen LogP contribution in [0.2, 0.25) is 0 Å². The summed E-state index contributed by atoms with van der Waals surface area (Å²) in [6, 6.07) is 6.16. The van der Waals surface area contributed by atoms with Crippen LogP contribution in [0.3, 0.4) is 0 Å². The molecule has 22 heavy (non-hydrogen) atoms. The molecule has 5 nitrogen and oxygen atoms in total. The van der Waals surface area contributed by atoms with Crippen LogP contribution in [0.1, 0.15) is 18.9 Å². The maximum atomic E-state index is 13.5. The topological polar surface area (TPSA) is 53.1 Å². The Morgan fingerprint density at radius 2 is 2.23 bits per heavy atom. The summed E-state index contributed by atoms with van der Waals surface area (Å²) >= 11 is 5.26. The van der Waals surface area contributed by atoms with E-state index in [1.807, 2.05) is 0 Å². The van der Waals surface area contributed by atoms with Crippen molar-refractivity contribution in [3.05, 3.63) is 50.8 Å². The third-order valence-electron chi connectivity index (χ3n) is 3.67. The fraction of sp³-hybridized carbons (Fsp3) is 0.333. The third kappa shape index (κ3) is 2.69. The first kappa shape index (κ1) is 14.9. The smallest absolute Gasteiger partial charge is 0.258 e. The quantitative estimate of drug-likeness (QED) is 0.854. The summed E-state index contributed by atoms with van der Waals surface area (Å²) in [4.78, 5) is 17.0. The minimum atomic E-state index is -0.345. The molecule has 1 aliphatic rings. The number of fused-ring (bicyclic) bond motifs is 1. The van der Waals surface area contributed by atoms with Crippen molar-refractivity contribution in [2.45, 2.75) is 19.9 Å². The van der Waals surface area contributed by atoms with Crippen LogP contribution in [0, 0.1) is 10.6 Å². The van der Waals surface area contributed by atoms with Crippen molar-refractivity contribution in [1.82, 2.24) is 14.5 Å². The predicted molar refractivity (Wildman–Crippen MR) is 86.4 cm³/mol. The molecule has 1 aliphatic heterocycles. The van der Waals surface area contributed by atoms with Gasteiger partial charge in [0.15, 0.2) is 4.77 Å². The molecule has 0 atom stereocenters. The average molecular weight is 320 g/mol. The fourth-order valence-corrected chi connectivity index (χ4v) is 3.00. The number of nitrogens with one attached hydrogen (secondary N) is 2. The number of H-pyrrole nitrogens is 1. The van der Waals surface area contributed by atoms with Gasteiger partial charge in [0.05, 0.1) is 17.9 Å². The summed E-state index contributed by atoms with van der Waals surface area (Å²) in [5.74, 6) is 0.300. The highest BCUT2D eigenvalue weighted by molar-refractivity contribution is 7.71. The van der Waals surface area contributed by atoms with Crippen LogP contribution in [0.5, 0.6) is 0 Å². The number of rotatable bonds is 3. The molecule has 0 saturated carbocycles. The third-order valence-corrected chi connectivity index (χ3v) is 3.95. The van der Waals surface area contributed by atoms with Crippen LogP contribution < -0.4 is 10.9 Å². The first-order chi connectivity index (χ1) is 10.6. The van der Waals surface area contributed by atoms with Gasteiger partial charge < -0.3 is 5.32 Å². The van der Waals surface area contributed by atoms with Gasteiger partial charge in [-0.3, -0.25) is 19.2 Å². The number of benzene rings is 1. The van der Waals surface area contributed by atoms with Gasteiger partial charge in [-0.15, -0.1) is 0 Å². The minimum absolute atomic E-state index is 0.194. The molecule has 0 radical (unpaired) electrons. The molecule has 2 N–H and O–H groups in total. The van der Waals surface area contributed by atoms with E-state index in [1.165, 1.54) is 12.1 Å². The Morgan fingerprint density at radius 1 is 1.41 bits per heavy atom. The lowest BCUT2D eigenvalue weighted by molar-refractivity contribution is 0.273. The summed E-state index contributed by atoms with van der Waals surface area (Å²) in [7, 11) is 0. The van der Waals surface area contributed by atoms with Crippen molar-refractivity contribution in [3.63, 3.8) is 0 Å². The Morgan fingerprint density at radius 3 is 2.95 bits per heavy atom. The van der Waals surface area contributed by atoms with Crippen molar-refractivity contribution in [2.75, 3.05) is 18.5 Å². The molecule has 1 aromatic carbocycles.